The van der Waals surface area contributed by atoms with Gasteiger partial charge in [0.15, 0.2) is 5.11 Å². The number of ether oxygens (including phenoxy) is 1. The third kappa shape index (κ3) is 5.06. The van der Waals surface area contributed by atoms with Crippen LogP contribution in [0.2, 0.25) is 0 Å². The minimum absolute atomic E-state index is 0.163. The van der Waals surface area contributed by atoms with Crippen LogP contribution >= 0.6 is 12.2 Å². The summed E-state index contributed by atoms with van der Waals surface area (Å²) in [5, 5.41) is 7.53. The lowest BCUT2D eigenvalue weighted by Crippen LogP contribution is -2.49. The molecule has 1 aliphatic heterocycles. The molecule has 2 atom stereocenters. The molecule has 144 valence electrons. The minimum atomic E-state index is 0.163. The summed E-state index contributed by atoms with van der Waals surface area (Å²) in [7, 11) is 0. The van der Waals surface area contributed by atoms with Gasteiger partial charge in [0.2, 0.25) is 0 Å². The lowest BCUT2D eigenvalue weighted by molar-refractivity contribution is 0.0102. The summed E-state index contributed by atoms with van der Waals surface area (Å²) < 4.78 is 5.55. The molecule has 0 radical (unpaired) electrons. The maximum absolute atomic E-state index is 5.62. The van der Waals surface area contributed by atoms with Crippen LogP contribution in [-0.2, 0) is 4.74 Å². The van der Waals surface area contributed by atoms with Crippen molar-refractivity contribution in [2.24, 2.45) is 0 Å². The Morgan fingerprint density at radius 3 is 2.44 bits per heavy atom. The Bertz CT molecular complexity index is 759. The molecule has 1 saturated heterocycles. The minimum Gasteiger partial charge on any atom is -0.379 e. The molecule has 2 aromatic rings. The number of morpholine rings is 1. The van der Waals surface area contributed by atoms with Gasteiger partial charge in [0, 0.05) is 24.8 Å². The molecular formula is C22H29N3OS. The van der Waals surface area contributed by atoms with E-state index in [1.165, 1.54) is 16.7 Å². The predicted octanol–water partition coefficient (Wildman–Crippen LogP) is 4.05. The van der Waals surface area contributed by atoms with Gasteiger partial charge in [0.1, 0.15) is 0 Å². The van der Waals surface area contributed by atoms with E-state index in [-0.39, 0.29) is 12.1 Å². The van der Waals surface area contributed by atoms with E-state index in [1.54, 1.807) is 0 Å². The van der Waals surface area contributed by atoms with Gasteiger partial charge in [0.25, 0.3) is 0 Å². The van der Waals surface area contributed by atoms with Crippen LogP contribution in [0.1, 0.15) is 29.7 Å². The number of hydrogen-bond acceptors (Lipinski definition) is 3. The van der Waals surface area contributed by atoms with Crippen molar-refractivity contribution in [3.05, 3.63) is 65.2 Å². The molecule has 0 aromatic heterocycles. The summed E-state index contributed by atoms with van der Waals surface area (Å²) >= 11 is 5.62. The van der Waals surface area contributed by atoms with Crippen molar-refractivity contribution >= 4 is 23.0 Å². The molecule has 3 rings (SSSR count). The highest BCUT2D eigenvalue weighted by atomic mass is 32.1. The molecule has 4 nitrogen and oxygen atoms in total. The van der Waals surface area contributed by atoms with E-state index in [2.05, 4.69) is 84.8 Å². The highest BCUT2D eigenvalue weighted by molar-refractivity contribution is 7.80. The summed E-state index contributed by atoms with van der Waals surface area (Å²) in [4.78, 5) is 2.48. The van der Waals surface area contributed by atoms with Crippen LogP contribution in [0.4, 0.5) is 5.69 Å². The summed E-state index contributed by atoms with van der Waals surface area (Å²) in [6, 6.07) is 17.3. The summed E-state index contributed by atoms with van der Waals surface area (Å²) in [6.45, 7) is 9.85. The number of thiocarbonyl (C=S) groups is 1. The average Bonchev–Trinajstić information content (AvgIpc) is 2.67. The lowest BCUT2D eigenvalue weighted by atomic mass is 9.98. The first-order chi connectivity index (χ1) is 13.1. The first-order valence-corrected chi connectivity index (χ1v) is 9.97. The summed E-state index contributed by atoms with van der Waals surface area (Å²) in [5.74, 6) is 0. The molecule has 0 aliphatic carbocycles. The third-order valence-electron chi connectivity index (χ3n) is 5.27. The first kappa shape index (κ1) is 19.8. The number of benzene rings is 2. The zero-order valence-electron chi connectivity index (χ0n) is 16.4. The van der Waals surface area contributed by atoms with E-state index in [9.17, 15) is 0 Å². The van der Waals surface area contributed by atoms with Gasteiger partial charge >= 0.3 is 0 Å². The molecule has 0 unspecified atom stereocenters. The van der Waals surface area contributed by atoms with Crippen molar-refractivity contribution in [3.8, 4) is 0 Å². The molecule has 5 heteroatoms. The first-order valence-electron chi connectivity index (χ1n) is 9.56. The van der Waals surface area contributed by atoms with Crippen LogP contribution in [-0.4, -0.2) is 42.4 Å². The highest BCUT2D eigenvalue weighted by Gasteiger charge is 2.28. The fourth-order valence-corrected chi connectivity index (χ4v) is 3.95. The lowest BCUT2D eigenvalue weighted by Gasteiger charge is -2.38. The fourth-order valence-electron chi connectivity index (χ4n) is 3.65. The summed E-state index contributed by atoms with van der Waals surface area (Å²) in [6.07, 6.45) is 0. The van der Waals surface area contributed by atoms with Gasteiger partial charge in [-0.05, 0) is 55.7 Å². The number of hydrogen-bond donors (Lipinski definition) is 2. The van der Waals surface area contributed by atoms with Gasteiger partial charge in [-0.3, -0.25) is 4.90 Å². The Balaban J connectivity index is 1.72. The van der Waals surface area contributed by atoms with Crippen molar-refractivity contribution in [3.63, 3.8) is 0 Å². The SMILES string of the molecule is Cc1cccc(NC(=S)N[C@H](C)[C@H](c2ccccc2)N2CCOCC2)c1C. The van der Waals surface area contributed by atoms with Gasteiger partial charge < -0.3 is 15.4 Å². The van der Waals surface area contributed by atoms with Crippen LogP contribution in [0.15, 0.2) is 48.5 Å². The Hall–Kier alpha value is -1.95. The van der Waals surface area contributed by atoms with Gasteiger partial charge in [-0.15, -0.1) is 0 Å². The van der Waals surface area contributed by atoms with Crippen LogP contribution < -0.4 is 10.6 Å². The van der Waals surface area contributed by atoms with Crippen molar-refractivity contribution in [1.29, 1.82) is 0 Å². The molecule has 0 bridgehead atoms. The second kappa shape index (κ2) is 9.31. The van der Waals surface area contributed by atoms with E-state index in [0.29, 0.717) is 5.11 Å². The normalized spacial score (nSPS) is 17.1. The second-order valence-corrected chi connectivity index (χ2v) is 7.55. The van der Waals surface area contributed by atoms with E-state index in [0.717, 1.165) is 32.0 Å². The quantitative estimate of drug-likeness (QED) is 0.762. The standard InChI is InChI=1S/C22H29N3OS/c1-16-8-7-11-20(17(16)2)24-22(27)23-18(3)21(19-9-5-4-6-10-19)25-12-14-26-15-13-25/h4-11,18,21H,12-15H2,1-3H3,(H2,23,24,27)/t18-,21-/m1/s1. The zero-order chi connectivity index (χ0) is 19.2. The Morgan fingerprint density at radius 2 is 1.74 bits per heavy atom. The smallest absolute Gasteiger partial charge is 0.171 e. The van der Waals surface area contributed by atoms with Crippen LogP contribution in [0.5, 0.6) is 0 Å². The number of aryl methyl sites for hydroxylation is 1. The van der Waals surface area contributed by atoms with E-state index in [1.807, 2.05) is 0 Å². The van der Waals surface area contributed by atoms with Crippen molar-refractivity contribution in [1.82, 2.24) is 10.2 Å². The second-order valence-electron chi connectivity index (χ2n) is 7.14. The number of rotatable bonds is 5. The Labute approximate surface area is 167 Å². The number of anilines is 1. The maximum Gasteiger partial charge on any atom is 0.171 e. The van der Waals surface area contributed by atoms with Crippen molar-refractivity contribution in [2.45, 2.75) is 32.9 Å². The van der Waals surface area contributed by atoms with Gasteiger partial charge in [0.05, 0.1) is 19.3 Å². The maximum atomic E-state index is 5.62. The van der Waals surface area contributed by atoms with Gasteiger partial charge in [-0.2, -0.15) is 0 Å². The molecule has 1 heterocycles. The van der Waals surface area contributed by atoms with E-state index in [4.69, 9.17) is 17.0 Å². The fraction of sp³-hybridized carbons (Fsp3) is 0.409. The molecule has 27 heavy (non-hydrogen) atoms. The Kier molecular flexibility index (Phi) is 6.83. The highest BCUT2D eigenvalue weighted by Crippen LogP contribution is 2.25. The van der Waals surface area contributed by atoms with Crippen LogP contribution in [0.25, 0.3) is 0 Å². The molecule has 0 saturated carbocycles. The van der Waals surface area contributed by atoms with Gasteiger partial charge in [-0.1, -0.05) is 42.5 Å². The third-order valence-corrected chi connectivity index (χ3v) is 5.49. The molecule has 0 amide bonds. The molecule has 0 spiro atoms. The van der Waals surface area contributed by atoms with Crippen molar-refractivity contribution in [2.75, 3.05) is 31.6 Å². The monoisotopic (exact) mass is 383 g/mol. The van der Waals surface area contributed by atoms with Gasteiger partial charge in [-0.25, -0.2) is 0 Å². The van der Waals surface area contributed by atoms with E-state index < -0.39 is 0 Å². The van der Waals surface area contributed by atoms with Crippen LogP contribution in [0.3, 0.4) is 0 Å². The summed E-state index contributed by atoms with van der Waals surface area (Å²) in [5.41, 5.74) is 4.84. The predicted molar refractivity (Wildman–Crippen MR) is 116 cm³/mol. The largest absolute Gasteiger partial charge is 0.379 e. The van der Waals surface area contributed by atoms with Crippen LogP contribution in [0, 0.1) is 13.8 Å². The molecule has 1 aliphatic rings. The average molecular weight is 384 g/mol. The van der Waals surface area contributed by atoms with Crippen molar-refractivity contribution < 1.29 is 4.74 Å². The molecular weight excluding hydrogens is 354 g/mol. The molecule has 2 N–H and O–H groups in total. The zero-order valence-corrected chi connectivity index (χ0v) is 17.2. The Morgan fingerprint density at radius 1 is 1.04 bits per heavy atom. The van der Waals surface area contributed by atoms with E-state index >= 15 is 0 Å². The number of nitrogens with one attached hydrogen (secondary N) is 2. The number of nitrogens with zero attached hydrogens (tertiary/aromatic N) is 1. The molecule has 2 aromatic carbocycles. The molecule has 1 fully saturated rings. The topological polar surface area (TPSA) is 36.5 Å².